The van der Waals surface area contributed by atoms with E-state index in [1.54, 1.807) is 11.3 Å². The maximum absolute atomic E-state index is 12.3. The summed E-state index contributed by atoms with van der Waals surface area (Å²) in [6, 6.07) is 16.2. The molecule has 0 saturated heterocycles. The lowest BCUT2D eigenvalue weighted by atomic mass is 10.1. The fourth-order valence-corrected chi connectivity index (χ4v) is 3.97. The predicted molar refractivity (Wildman–Crippen MR) is 98.0 cm³/mol. The fourth-order valence-electron chi connectivity index (χ4n) is 2.93. The molecule has 5 heteroatoms. The Balaban J connectivity index is 1.57. The van der Waals surface area contributed by atoms with Crippen LogP contribution in [-0.4, -0.2) is 15.5 Å². The molecule has 120 valence electrons. The van der Waals surface area contributed by atoms with E-state index in [-0.39, 0.29) is 5.91 Å². The van der Waals surface area contributed by atoms with E-state index in [2.05, 4.69) is 22.1 Å². The number of rotatable bonds is 3. The van der Waals surface area contributed by atoms with Crippen LogP contribution in [0.4, 0.5) is 0 Å². The molecular formula is C19H17N3OS. The zero-order valence-corrected chi connectivity index (χ0v) is 14.1. The van der Waals surface area contributed by atoms with Gasteiger partial charge in [0.1, 0.15) is 0 Å². The lowest BCUT2D eigenvalue weighted by Crippen LogP contribution is -2.13. The Hall–Kier alpha value is -2.66. The van der Waals surface area contributed by atoms with E-state index in [1.807, 2.05) is 54.2 Å². The van der Waals surface area contributed by atoms with Crippen molar-refractivity contribution < 1.29 is 4.79 Å². The summed E-state index contributed by atoms with van der Waals surface area (Å²) >= 11 is 1.55. The summed E-state index contributed by atoms with van der Waals surface area (Å²) < 4.78 is 3.12. The van der Waals surface area contributed by atoms with E-state index >= 15 is 0 Å². The van der Waals surface area contributed by atoms with Crippen molar-refractivity contribution in [3.63, 3.8) is 0 Å². The number of nitrogens with one attached hydrogen (secondary N) is 1. The van der Waals surface area contributed by atoms with Crippen LogP contribution in [0.5, 0.6) is 0 Å². The first kappa shape index (κ1) is 14.9. The normalized spacial score (nSPS) is 12.3. The number of benzene rings is 2. The number of fused-ring (bicyclic) bond motifs is 2. The van der Waals surface area contributed by atoms with Crippen LogP contribution in [0.3, 0.4) is 0 Å². The average Bonchev–Trinajstić information content (AvgIpc) is 3.15. The van der Waals surface area contributed by atoms with Crippen LogP contribution < -0.4 is 4.80 Å². The van der Waals surface area contributed by atoms with Crippen LogP contribution in [0.15, 0.2) is 59.7 Å². The summed E-state index contributed by atoms with van der Waals surface area (Å²) in [6.07, 6.45) is 3.09. The summed E-state index contributed by atoms with van der Waals surface area (Å²) in [5, 5.41) is 1.18. The second kappa shape index (κ2) is 6.09. The molecule has 24 heavy (non-hydrogen) atoms. The van der Waals surface area contributed by atoms with Crippen molar-refractivity contribution in [2.45, 2.75) is 12.8 Å². The molecule has 2 aromatic heterocycles. The second-order valence-corrected chi connectivity index (χ2v) is 6.79. The van der Waals surface area contributed by atoms with Crippen molar-refractivity contribution in [1.29, 1.82) is 0 Å². The second-order valence-electron chi connectivity index (χ2n) is 5.78. The van der Waals surface area contributed by atoms with Gasteiger partial charge in [0.2, 0.25) is 5.91 Å². The van der Waals surface area contributed by atoms with Crippen LogP contribution >= 0.6 is 11.3 Å². The van der Waals surface area contributed by atoms with Gasteiger partial charge < -0.3 is 9.55 Å². The summed E-state index contributed by atoms with van der Waals surface area (Å²) in [7, 11) is 1.95. The molecule has 4 rings (SSSR count). The molecule has 0 aliphatic heterocycles. The number of carbonyl (C=O) groups excluding carboxylic acids is 1. The van der Waals surface area contributed by atoms with Crippen LogP contribution in [0, 0.1) is 0 Å². The van der Waals surface area contributed by atoms with E-state index in [0.717, 1.165) is 26.1 Å². The van der Waals surface area contributed by atoms with Gasteiger partial charge in [-0.2, -0.15) is 4.99 Å². The number of carbonyl (C=O) groups is 1. The van der Waals surface area contributed by atoms with Gasteiger partial charge in [0.25, 0.3) is 0 Å². The average molecular weight is 335 g/mol. The van der Waals surface area contributed by atoms with Crippen LogP contribution in [0.1, 0.15) is 12.0 Å². The number of hydrogen-bond donors (Lipinski definition) is 1. The van der Waals surface area contributed by atoms with Gasteiger partial charge in [0.15, 0.2) is 4.80 Å². The number of aromatic amines is 1. The molecule has 0 atom stereocenters. The summed E-state index contributed by atoms with van der Waals surface area (Å²) in [5.74, 6) is -0.0811. The third-order valence-corrected chi connectivity index (χ3v) is 5.33. The zero-order chi connectivity index (χ0) is 16.5. The summed E-state index contributed by atoms with van der Waals surface area (Å²) in [5.41, 5.74) is 3.37. The Labute approximate surface area is 143 Å². The summed E-state index contributed by atoms with van der Waals surface area (Å²) in [6.45, 7) is 0. The standard InChI is InChI=1S/C19H17N3OS/c1-22-16-8-4-5-9-17(16)24-19(22)21-18(23)11-10-13-12-20-15-7-3-2-6-14(13)15/h2-9,12,20H,10-11H2,1H3. The lowest BCUT2D eigenvalue weighted by Gasteiger charge is -1.97. The number of hydrogen-bond acceptors (Lipinski definition) is 2. The third-order valence-electron chi connectivity index (χ3n) is 4.22. The topological polar surface area (TPSA) is 50.1 Å². The highest BCUT2D eigenvalue weighted by molar-refractivity contribution is 7.16. The van der Waals surface area contributed by atoms with Crippen molar-refractivity contribution in [3.8, 4) is 0 Å². The monoisotopic (exact) mass is 335 g/mol. The summed E-state index contributed by atoms with van der Waals surface area (Å²) in [4.78, 5) is 20.6. The number of aryl methyl sites for hydroxylation is 2. The SMILES string of the molecule is Cn1c(=NC(=O)CCc2c[nH]c3ccccc23)sc2ccccc21. The quantitative estimate of drug-likeness (QED) is 0.608. The van der Waals surface area contributed by atoms with E-state index in [9.17, 15) is 4.79 Å². The van der Waals surface area contributed by atoms with E-state index in [1.165, 1.54) is 5.39 Å². The van der Waals surface area contributed by atoms with Gasteiger partial charge in [0, 0.05) is 30.6 Å². The van der Waals surface area contributed by atoms with E-state index in [0.29, 0.717) is 12.8 Å². The number of aromatic nitrogens is 2. The number of para-hydroxylation sites is 2. The maximum Gasteiger partial charge on any atom is 0.248 e. The van der Waals surface area contributed by atoms with E-state index in [4.69, 9.17) is 0 Å². The minimum absolute atomic E-state index is 0.0811. The fraction of sp³-hybridized carbons (Fsp3) is 0.158. The molecule has 0 unspecified atom stereocenters. The van der Waals surface area contributed by atoms with Gasteiger partial charge in [-0.15, -0.1) is 0 Å². The molecule has 2 aromatic carbocycles. The maximum atomic E-state index is 12.3. The number of nitrogens with zero attached hydrogens (tertiary/aromatic N) is 2. The van der Waals surface area contributed by atoms with E-state index < -0.39 is 0 Å². The predicted octanol–water partition coefficient (Wildman–Crippen LogP) is 3.78. The smallest absolute Gasteiger partial charge is 0.248 e. The third kappa shape index (κ3) is 2.67. The molecule has 0 spiro atoms. The Bertz CT molecular complexity index is 1100. The first-order chi connectivity index (χ1) is 11.7. The molecular weight excluding hydrogens is 318 g/mol. The molecule has 0 aliphatic carbocycles. The van der Waals surface area contributed by atoms with Crippen molar-refractivity contribution in [1.82, 2.24) is 9.55 Å². The molecule has 0 radical (unpaired) electrons. The minimum Gasteiger partial charge on any atom is -0.361 e. The largest absolute Gasteiger partial charge is 0.361 e. The van der Waals surface area contributed by atoms with Gasteiger partial charge in [-0.3, -0.25) is 4.79 Å². The Kier molecular flexibility index (Phi) is 3.78. The van der Waals surface area contributed by atoms with Gasteiger partial charge in [0.05, 0.1) is 10.2 Å². The highest BCUT2D eigenvalue weighted by Gasteiger charge is 2.07. The molecule has 0 saturated carbocycles. The highest BCUT2D eigenvalue weighted by Crippen LogP contribution is 2.19. The highest BCUT2D eigenvalue weighted by atomic mass is 32.1. The molecule has 4 aromatic rings. The molecule has 0 bridgehead atoms. The molecule has 0 fully saturated rings. The molecule has 1 N–H and O–H groups in total. The Morgan fingerprint density at radius 3 is 2.83 bits per heavy atom. The number of thiazole rings is 1. The number of H-pyrrole nitrogens is 1. The zero-order valence-electron chi connectivity index (χ0n) is 13.3. The molecule has 1 amide bonds. The molecule has 2 heterocycles. The van der Waals surface area contributed by atoms with Crippen LogP contribution in [0.2, 0.25) is 0 Å². The van der Waals surface area contributed by atoms with Gasteiger partial charge in [-0.05, 0) is 30.2 Å². The van der Waals surface area contributed by atoms with Crippen molar-refractivity contribution >= 4 is 38.4 Å². The van der Waals surface area contributed by atoms with Gasteiger partial charge in [-0.25, -0.2) is 0 Å². The Morgan fingerprint density at radius 1 is 1.17 bits per heavy atom. The van der Waals surface area contributed by atoms with Crippen molar-refractivity contribution in [2.75, 3.05) is 0 Å². The first-order valence-corrected chi connectivity index (χ1v) is 8.71. The number of amides is 1. The van der Waals surface area contributed by atoms with Gasteiger partial charge >= 0.3 is 0 Å². The molecule has 0 aliphatic rings. The van der Waals surface area contributed by atoms with Crippen molar-refractivity contribution in [3.05, 3.63) is 65.1 Å². The lowest BCUT2D eigenvalue weighted by molar-refractivity contribution is -0.118. The minimum atomic E-state index is -0.0811. The van der Waals surface area contributed by atoms with Crippen molar-refractivity contribution in [2.24, 2.45) is 12.0 Å². The van der Waals surface area contributed by atoms with Crippen LogP contribution in [0.25, 0.3) is 21.1 Å². The van der Waals surface area contributed by atoms with Crippen LogP contribution in [-0.2, 0) is 18.3 Å². The van der Waals surface area contributed by atoms with Gasteiger partial charge in [-0.1, -0.05) is 41.7 Å². The first-order valence-electron chi connectivity index (χ1n) is 7.89. The molecule has 4 nitrogen and oxygen atoms in total. The Morgan fingerprint density at radius 2 is 1.96 bits per heavy atom.